The summed E-state index contributed by atoms with van der Waals surface area (Å²) < 4.78 is 31.6. The number of sulfonamides is 1. The fourth-order valence-corrected chi connectivity index (χ4v) is 4.60. The van der Waals surface area contributed by atoms with Gasteiger partial charge in [0, 0.05) is 63.8 Å². The van der Waals surface area contributed by atoms with Crippen LogP contribution >= 0.6 is 0 Å². The molecule has 2 fully saturated rings. The summed E-state index contributed by atoms with van der Waals surface area (Å²) in [7, 11) is -3.43. The Morgan fingerprint density at radius 2 is 1.81 bits per heavy atom. The van der Waals surface area contributed by atoms with Crippen LogP contribution in [0.25, 0.3) is 0 Å². The summed E-state index contributed by atoms with van der Waals surface area (Å²) in [6.45, 7) is 8.96. The number of aryl methyl sites for hydroxylation is 1. The van der Waals surface area contributed by atoms with Crippen molar-refractivity contribution in [3.8, 4) is 0 Å². The number of rotatable bonds is 5. The topological polar surface area (TPSA) is 100 Å². The van der Waals surface area contributed by atoms with E-state index in [-0.39, 0.29) is 11.8 Å². The van der Waals surface area contributed by atoms with Crippen molar-refractivity contribution in [1.29, 1.82) is 0 Å². The lowest BCUT2D eigenvalue weighted by Crippen LogP contribution is -2.49. The molecule has 4 rings (SSSR count). The van der Waals surface area contributed by atoms with Crippen LogP contribution in [0.1, 0.15) is 11.1 Å². The Morgan fingerprint density at radius 1 is 1.09 bits per heavy atom. The van der Waals surface area contributed by atoms with E-state index in [9.17, 15) is 13.2 Å². The molecular weight excluding hydrogens is 432 g/mol. The number of carbonyl (C=O) groups excluding carboxylic acids is 1. The average molecular weight is 463 g/mol. The fraction of sp³-hybridized carbons (Fsp3) is 0.524. The minimum Gasteiger partial charge on any atom is -0.378 e. The third-order valence-electron chi connectivity index (χ3n) is 5.70. The Hall–Kier alpha value is -2.63. The molecule has 11 heteroatoms. The number of benzene rings is 1. The molecular formula is C21H30N6O4S. The number of amides is 1. The van der Waals surface area contributed by atoms with Crippen molar-refractivity contribution in [2.24, 2.45) is 0 Å². The number of nitrogens with one attached hydrogen (secondary N) is 1. The first-order chi connectivity index (χ1) is 15.3. The van der Waals surface area contributed by atoms with Crippen molar-refractivity contribution < 1.29 is 17.9 Å². The highest BCUT2D eigenvalue weighted by Gasteiger charge is 2.24. The van der Waals surface area contributed by atoms with E-state index in [0.29, 0.717) is 13.1 Å². The molecule has 2 aliphatic rings. The van der Waals surface area contributed by atoms with E-state index in [2.05, 4.69) is 44.7 Å². The molecule has 174 valence electrons. The van der Waals surface area contributed by atoms with Crippen LogP contribution in [-0.4, -0.2) is 92.8 Å². The summed E-state index contributed by atoms with van der Waals surface area (Å²) in [6.07, 6.45) is 2.52. The number of aromatic nitrogens is 2. The van der Waals surface area contributed by atoms with Crippen LogP contribution in [0, 0.1) is 6.92 Å². The lowest BCUT2D eigenvalue weighted by Gasteiger charge is -2.36. The van der Waals surface area contributed by atoms with Crippen molar-refractivity contribution in [3.05, 3.63) is 41.6 Å². The van der Waals surface area contributed by atoms with Gasteiger partial charge in [-0.3, -0.25) is 9.62 Å². The summed E-state index contributed by atoms with van der Waals surface area (Å²) in [5, 5.41) is 4.04. The fourth-order valence-electron chi connectivity index (χ4n) is 4.11. The highest BCUT2D eigenvalue weighted by Crippen LogP contribution is 2.25. The smallest absolute Gasteiger partial charge is 0.344 e. The molecule has 0 bridgehead atoms. The predicted molar refractivity (Wildman–Crippen MR) is 123 cm³/mol. The van der Waals surface area contributed by atoms with Gasteiger partial charge in [0.1, 0.15) is 0 Å². The zero-order chi connectivity index (χ0) is 22.7. The molecule has 2 aromatic rings. The summed E-state index contributed by atoms with van der Waals surface area (Å²) in [4.78, 5) is 19.3. The molecule has 32 heavy (non-hydrogen) atoms. The summed E-state index contributed by atoms with van der Waals surface area (Å²) in [5.41, 5.74) is 3.80. The van der Waals surface area contributed by atoms with Crippen molar-refractivity contribution in [3.63, 3.8) is 0 Å². The molecule has 1 N–H and O–H groups in total. The van der Waals surface area contributed by atoms with E-state index >= 15 is 0 Å². The number of nitrogens with zero attached hydrogens (tertiary/aromatic N) is 5. The van der Waals surface area contributed by atoms with Gasteiger partial charge >= 0.3 is 6.03 Å². The SMILES string of the molecule is Cc1ccc(N2CCOCC2)c(CN2CCN(C(=O)n3ccc(NS(C)(=O)=O)n3)CC2)c1. The van der Waals surface area contributed by atoms with Gasteiger partial charge < -0.3 is 14.5 Å². The molecule has 3 heterocycles. The van der Waals surface area contributed by atoms with Gasteiger partial charge in [-0.05, 0) is 18.6 Å². The number of morpholine rings is 1. The first-order valence-corrected chi connectivity index (χ1v) is 12.6. The van der Waals surface area contributed by atoms with E-state index in [1.807, 2.05) is 0 Å². The highest BCUT2D eigenvalue weighted by molar-refractivity contribution is 7.92. The Morgan fingerprint density at radius 3 is 2.50 bits per heavy atom. The lowest BCUT2D eigenvalue weighted by molar-refractivity contribution is 0.122. The quantitative estimate of drug-likeness (QED) is 0.712. The number of hydrogen-bond acceptors (Lipinski definition) is 7. The standard InChI is InChI=1S/C21H30N6O4S/c1-17-3-4-19(25-11-13-31-14-12-25)18(15-17)16-24-7-9-26(10-8-24)21(28)27-6-5-20(22-27)23-32(2,29)30/h3-6,15H,7-14,16H2,1-2H3,(H,22,23). The highest BCUT2D eigenvalue weighted by atomic mass is 32.2. The Balaban J connectivity index is 1.36. The Bertz CT molecular complexity index is 1060. The van der Waals surface area contributed by atoms with E-state index in [1.54, 1.807) is 4.90 Å². The number of anilines is 2. The van der Waals surface area contributed by atoms with E-state index < -0.39 is 10.0 Å². The molecule has 0 aliphatic carbocycles. The maximum atomic E-state index is 12.8. The molecule has 0 atom stereocenters. The Labute approximate surface area is 188 Å². The number of piperazine rings is 1. The number of carbonyl (C=O) groups is 1. The van der Waals surface area contributed by atoms with Gasteiger partial charge in [0.05, 0.1) is 19.5 Å². The third-order valence-corrected chi connectivity index (χ3v) is 6.28. The van der Waals surface area contributed by atoms with Crippen LogP contribution in [0.5, 0.6) is 0 Å². The second-order valence-corrected chi connectivity index (χ2v) is 10.0. The average Bonchev–Trinajstić information content (AvgIpc) is 3.21. The van der Waals surface area contributed by atoms with E-state index in [0.717, 1.165) is 52.2 Å². The van der Waals surface area contributed by atoms with Gasteiger partial charge in [-0.15, -0.1) is 5.10 Å². The van der Waals surface area contributed by atoms with Gasteiger partial charge in [-0.2, -0.15) is 4.68 Å². The molecule has 1 amide bonds. The van der Waals surface area contributed by atoms with Crippen LogP contribution < -0.4 is 9.62 Å². The summed E-state index contributed by atoms with van der Waals surface area (Å²) in [5.74, 6) is 0.134. The van der Waals surface area contributed by atoms with Crippen molar-refractivity contribution >= 4 is 27.6 Å². The maximum Gasteiger partial charge on any atom is 0.344 e. The first-order valence-electron chi connectivity index (χ1n) is 10.8. The first kappa shape index (κ1) is 22.6. The maximum absolute atomic E-state index is 12.8. The summed E-state index contributed by atoms with van der Waals surface area (Å²) in [6, 6.07) is 7.83. The molecule has 0 spiro atoms. The van der Waals surface area contributed by atoms with Crippen molar-refractivity contribution in [2.75, 3.05) is 68.4 Å². The van der Waals surface area contributed by atoms with Gasteiger partial charge in [0.2, 0.25) is 10.0 Å². The zero-order valence-electron chi connectivity index (χ0n) is 18.5. The van der Waals surface area contributed by atoms with Crippen molar-refractivity contribution in [2.45, 2.75) is 13.5 Å². The van der Waals surface area contributed by atoms with Gasteiger partial charge in [-0.25, -0.2) is 13.2 Å². The van der Waals surface area contributed by atoms with Crippen LogP contribution in [0.3, 0.4) is 0 Å². The van der Waals surface area contributed by atoms with Gasteiger partial charge in [-0.1, -0.05) is 17.7 Å². The second kappa shape index (κ2) is 9.47. The Kier molecular flexibility index (Phi) is 6.68. The third kappa shape index (κ3) is 5.59. The van der Waals surface area contributed by atoms with Crippen molar-refractivity contribution in [1.82, 2.24) is 19.6 Å². The van der Waals surface area contributed by atoms with Crippen LogP contribution in [0.15, 0.2) is 30.5 Å². The minimum atomic E-state index is -3.43. The number of ether oxygens (including phenoxy) is 1. The molecule has 0 radical (unpaired) electrons. The number of hydrogen-bond donors (Lipinski definition) is 1. The van der Waals surface area contributed by atoms with Crippen LogP contribution in [0.2, 0.25) is 0 Å². The second-order valence-electron chi connectivity index (χ2n) is 8.30. The molecule has 0 unspecified atom stereocenters. The molecule has 0 saturated carbocycles. The molecule has 2 aliphatic heterocycles. The monoisotopic (exact) mass is 462 g/mol. The summed E-state index contributed by atoms with van der Waals surface area (Å²) >= 11 is 0. The normalized spacial score (nSPS) is 18.1. The van der Waals surface area contributed by atoms with Crippen LogP contribution in [0.4, 0.5) is 16.3 Å². The zero-order valence-corrected chi connectivity index (χ0v) is 19.3. The van der Waals surface area contributed by atoms with Crippen LogP contribution in [-0.2, 0) is 21.3 Å². The molecule has 1 aromatic heterocycles. The van der Waals surface area contributed by atoms with E-state index in [1.165, 1.54) is 33.8 Å². The molecule has 2 saturated heterocycles. The molecule has 10 nitrogen and oxygen atoms in total. The van der Waals surface area contributed by atoms with E-state index in [4.69, 9.17) is 4.74 Å². The van der Waals surface area contributed by atoms with Gasteiger partial charge in [0.25, 0.3) is 0 Å². The lowest BCUT2D eigenvalue weighted by atomic mass is 10.1. The molecule has 1 aromatic carbocycles. The van der Waals surface area contributed by atoms with Gasteiger partial charge in [0.15, 0.2) is 5.82 Å². The predicted octanol–water partition coefficient (Wildman–Crippen LogP) is 1.19. The largest absolute Gasteiger partial charge is 0.378 e. The minimum absolute atomic E-state index is 0.134.